The average Bonchev–Trinajstić information content (AvgIpc) is 2.72. The summed E-state index contributed by atoms with van der Waals surface area (Å²) in [6.07, 6.45) is 0.100. The van der Waals surface area contributed by atoms with Crippen LogP contribution in [0.2, 0.25) is 0 Å². The van der Waals surface area contributed by atoms with Gasteiger partial charge in [-0.3, -0.25) is 4.79 Å². The first kappa shape index (κ1) is 18.6. The van der Waals surface area contributed by atoms with Gasteiger partial charge in [0.05, 0.1) is 18.7 Å². The average molecular weight is 367 g/mol. The number of ether oxygens (including phenoxy) is 2. The molecule has 1 amide bonds. The summed E-state index contributed by atoms with van der Waals surface area (Å²) in [6.45, 7) is 0.494. The van der Waals surface area contributed by atoms with E-state index in [0.29, 0.717) is 18.5 Å². The molecule has 1 aliphatic heterocycles. The molecule has 6 nitrogen and oxygen atoms in total. The van der Waals surface area contributed by atoms with Crippen molar-refractivity contribution in [2.45, 2.75) is 25.5 Å². The number of likely N-dealkylation sites (tertiary alicyclic amines) is 1. The van der Waals surface area contributed by atoms with E-state index in [1.165, 1.54) is 7.11 Å². The Hall–Kier alpha value is -3.15. The van der Waals surface area contributed by atoms with E-state index in [-0.39, 0.29) is 18.8 Å². The lowest BCUT2D eigenvalue weighted by molar-refractivity contribution is -0.122. The van der Waals surface area contributed by atoms with Crippen LogP contribution in [0.1, 0.15) is 40.4 Å². The molecule has 0 spiro atoms. The first-order valence-corrected chi connectivity index (χ1v) is 8.76. The van der Waals surface area contributed by atoms with Crippen LogP contribution < -0.4 is 0 Å². The second-order valence-corrected chi connectivity index (χ2v) is 6.36. The van der Waals surface area contributed by atoms with Crippen molar-refractivity contribution in [2.24, 2.45) is 0 Å². The second-order valence-electron chi connectivity index (χ2n) is 6.36. The summed E-state index contributed by atoms with van der Waals surface area (Å²) >= 11 is 0. The molecule has 1 heterocycles. The van der Waals surface area contributed by atoms with Gasteiger partial charge in [0.15, 0.2) is 0 Å². The Labute approximate surface area is 157 Å². The number of amides is 1. The molecule has 0 radical (unpaired) electrons. The molecule has 0 N–H and O–H groups in total. The zero-order valence-corrected chi connectivity index (χ0v) is 15.1. The van der Waals surface area contributed by atoms with Crippen LogP contribution in [0.25, 0.3) is 0 Å². The second kappa shape index (κ2) is 8.49. The van der Waals surface area contributed by atoms with Crippen molar-refractivity contribution in [1.82, 2.24) is 4.90 Å². The largest absolute Gasteiger partial charge is 0.465 e. The first-order valence-electron chi connectivity index (χ1n) is 8.76. The molecule has 2 aromatic rings. The van der Waals surface area contributed by atoms with E-state index < -0.39 is 18.1 Å². The molecular formula is C21H21NO5. The molecule has 1 aliphatic rings. The van der Waals surface area contributed by atoms with E-state index in [4.69, 9.17) is 9.47 Å². The molecule has 6 heteroatoms. The lowest BCUT2D eigenvalue weighted by Crippen LogP contribution is -2.41. The Morgan fingerprint density at radius 2 is 1.78 bits per heavy atom. The highest BCUT2D eigenvalue weighted by atomic mass is 16.6. The number of benzene rings is 2. The van der Waals surface area contributed by atoms with Crippen molar-refractivity contribution in [3.63, 3.8) is 0 Å². The fraction of sp³-hybridized carbons (Fsp3) is 0.286. The molecule has 0 saturated carbocycles. The number of piperidine rings is 1. The van der Waals surface area contributed by atoms with Gasteiger partial charge in [-0.15, -0.1) is 0 Å². The SMILES string of the molecule is COC(=O)c1ccc(C2CC(=O)CCN2C(=O)OCc2ccccc2)cc1. The van der Waals surface area contributed by atoms with Gasteiger partial charge in [-0.05, 0) is 23.3 Å². The van der Waals surface area contributed by atoms with Crippen LogP contribution in [0.3, 0.4) is 0 Å². The van der Waals surface area contributed by atoms with Gasteiger partial charge in [0.25, 0.3) is 0 Å². The van der Waals surface area contributed by atoms with Gasteiger partial charge in [0, 0.05) is 19.4 Å². The van der Waals surface area contributed by atoms with Gasteiger partial charge in [-0.1, -0.05) is 42.5 Å². The normalized spacial score (nSPS) is 16.7. The number of hydrogen-bond donors (Lipinski definition) is 0. The standard InChI is InChI=1S/C21H21NO5/c1-26-20(24)17-9-7-16(8-10-17)19-13-18(23)11-12-22(19)21(25)27-14-15-5-3-2-4-6-15/h2-10,19H,11-14H2,1H3. The zero-order chi connectivity index (χ0) is 19.2. The number of carbonyl (C=O) groups is 3. The van der Waals surface area contributed by atoms with E-state index in [2.05, 4.69) is 0 Å². The van der Waals surface area contributed by atoms with Gasteiger partial charge in [0.2, 0.25) is 0 Å². The Morgan fingerprint density at radius 1 is 1.07 bits per heavy atom. The number of hydrogen-bond acceptors (Lipinski definition) is 5. The van der Waals surface area contributed by atoms with E-state index >= 15 is 0 Å². The lowest BCUT2D eigenvalue weighted by Gasteiger charge is -2.34. The van der Waals surface area contributed by atoms with Crippen LogP contribution in [-0.4, -0.2) is 36.4 Å². The highest BCUT2D eigenvalue weighted by Crippen LogP contribution is 2.30. The molecule has 0 aliphatic carbocycles. The molecule has 140 valence electrons. The van der Waals surface area contributed by atoms with E-state index in [1.54, 1.807) is 29.2 Å². The highest BCUT2D eigenvalue weighted by molar-refractivity contribution is 5.89. The Morgan fingerprint density at radius 3 is 2.44 bits per heavy atom. The maximum Gasteiger partial charge on any atom is 0.410 e. The van der Waals surface area contributed by atoms with Crippen molar-refractivity contribution in [2.75, 3.05) is 13.7 Å². The third-order valence-corrected chi connectivity index (χ3v) is 4.58. The highest BCUT2D eigenvalue weighted by Gasteiger charge is 2.32. The number of Topliss-reactive ketones (excluding diaryl/α,β-unsaturated/α-hetero) is 1. The number of nitrogens with zero attached hydrogens (tertiary/aromatic N) is 1. The van der Waals surface area contributed by atoms with Gasteiger partial charge in [0.1, 0.15) is 12.4 Å². The predicted molar refractivity (Wildman–Crippen MR) is 98.1 cm³/mol. The van der Waals surface area contributed by atoms with E-state index in [0.717, 1.165) is 11.1 Å². The van der Waals surface area contributed by atoms with E-state index in [1.807, 2.05) is 30.3 Å². The van der Waals surface area contributed by atoms with Crippen LogP contribution >= 0.6 is 0 Å². The summed E-state index contributed by atoms with van der Waals surface area (Å²) in [5.74, 6) is -0.329. The molecule has 1 fully saturated rings. The summed E-state index contributed by atoms with van der Waals surface area (Å²) in [4.78, 5) is 37.7. The molecule has 27 heavy (non-hydrogen) atoms. The quantitative estimate of drug-likeness (QED) is 0.773. The maximum absolute atomic E-state index is 12.6. The zero-order valence-electron chi connectivity index (χ0n) is 15.1. The number of esters is 1. The topological polar surface area (TPSA) is 72.9 Å². The van der Waals surface area contributed by atoms with Crippen molar-refractivity contribution < 1.29 is 23.9 Å². The third-order valence-electron chi connectivity index (χ3n) is 4.58. The summed E-state index contributed by atoms with van der Waals surface area (Å²) in [6, 6.07) is 15.8. The number of rotatable bonds is 4. The van der Waals surface area contributed by atoms with Gasteiger partial charge in [-0.2, -0.15) is 0 Å². The molecule has 0 aromatic heterocycles. The van der Waals surface area contributed by atoms with Crippen LogP contribution in [0, 0.1) is 0 Å². The molecule has 1 saturated heterocycles. The summed E-state index contributed by atoms with van der Waals surface area (Å²) in [5, 5.41) is 0. The van der Waals surface area contributed by atoms with Crippen LogP contribution in [-0.2, 0) is 20.9 Å². The van der Waals surface area contributed by atoms with E-state index in [9.17, 15) is 14.4 Å². The number of carbonyl (C=O) groups excluding carboxylic acids is 3. The van der Waals surface area contributed by atoms with Gasteiger partial charge in [-0.25, -0.2) is 9.59 Å². The molecule has 0 bridgehead atoms. The number of ketones is 1. The molecule has 3 rings (SSSR count). The van der Waals surface area contributed by atoms with Crippen LogP contribution in [0.4, 0.5) is 4.79 Å². The molecule has 1 atom stereocenters. The first-order chi connectivity index (χ1) is 13.1. The van der Waals surface area contributed by atoms with Crippen molar-refractivity contribution in [3.05, 3.63) is 71.3 Å². The Bertz CT molecular complexity index is 816. The lowest BCUT2D eigenvalue weighted by atomic mass is 9.94. The minimum atomic E-state index is -0.451. The minimum Gasteiger partial charge on any atom is -0.465 e. The van der Waals surface area contributed by atoms with Gasteiger partial charge < -0.3 is 14.4 Å². The predicted octanol–water partition coefficient (Wildman–Crippen LogP) is 3.52. The third kappa shape index (κ3) is 4.53. The molecule has 2 aromatic carbocycles. The molecular weight excluding hydrogens is 346 g/mol. The van der Waals surface area contributed by atoms with Gasteiger partial charge >= 0.3 is 12.1 Å². The fourth-order valence-corrected chi connectivity index (χ4v) is 3.11. The Kier molecular flexibility index (Phi) is 5.86. The summed E-state index contributed by atoms with van der Waals surface area (Å²) in [7, 11) is 1.32. The van der Waals surface area contributed by atoms with Crippen molar-refractivity contribution >= 4 is 17.8 Å². The minimum absolute atomic E-state index is 0.101. The summed E-state index contributed by atoms with van der Waals surface area (Å²) < 4.78 is 10.1. The number of methoxy groups -OCH3 is 1. The summed E-state index contributed by atoms with van der Waals surface area (Å²) in [5.41, 5.74) is 2.10. The monoisotopic (exact) mass is 367 g/mol. The van der Waals surface area contributed by atoms with Crippen molar-refractivity contribution in [1.29, 1.82) is 0 Å². The maximum atomic E-state index is 12.6. The van der Waals surface area contributed by atoms with Crippen LogP contribution in [0.5, 0.6) is 0 Å². The van der Waals surface area contributed by atoms with Crippen LogP contribution in [0.15, 0.2) is 54.6 Å². The smallest absolute Gasteiger partial charge is 0.410 e. The molecule has 1 unspecified atom stereocenters. The Balaban J connectivity index is 1.73. The van der Waals surface area contributed by atoms with Crippen molar-refractivity contribution in [3.8, 4) is 0 Å². The fourth-order valence-electron chi connectivity index (χ4n) is 3.11.